The van der Waals surface area contributed by atoms with E-state index in [0.717, 1.165) is 12.8 Å². The number of benzene rings is 1. The molecule has 0 heterocycles. The van der Waals surface area contributed by atoms with Crippen LogP contribution in [0, 0.1) is 0 Å². The molecule has 4 nitrogen and oxygen atoms in total. The predicted octanol–water partition coefficient (Wildman–Crippen LogP) is 1.30. The molecule has 0 saturated heterocycles. The number of aliphatic hydroxyl groups excluding tert-OH is 1. The van der Waals surface area contributed by atoms with Crippen LogP contribution in [-0.2, 0) is 0 Å². The molecule has 1 amide bonds. The van der Waals surface area contributed by atoms with E-state index in [4.69, 9.17) is 16.7 Å². The molecule has 1 fully saturated rings. The summed E-state index contributed by atoms with van der Waals surface area (Å²) in [6.45, 7) is -0.0742. The molecule has 0 radical (unpaired) electrons. The maximum atomic E-state index is 11.8. The van der Waals surface area contributed by atoms with Gasteiger partial charge in [0, 0.05) is 0 Å². The second kappa shape index (κ2) is 3.96. The van der Waals surface area contributed by atoms with Gasteiger partial charge in [-0.05, 0) is 31.0 Å². The molecule has 1 saturated carbocycles. The highest BCUT2D eigenvalue weighted by Crippen LogP contribution is 2.35. The number of carbonyl (C=O) groups is 1. The summed E-state index contributed by atoms with van der Waals surface area (Å²) in [5, 5.41) is 21.3. The van der Waals surface area contributed by atoms with Crippen molar-refractivity contribution in [2.45, 2.75) is 18.4 Å². The molecule has 1 aliphatic carbocycles. The van der Waals surface area contributed by atoms with Crippen LogP contribution in [0.4, 0.5) is 0 Å². The highest BCUT2D eigenvalue weighted by Gasteiger charge is 2.43. The van der Waals surface area contributed by atoms with E-state index in [-0.39, 0.29) is 28.8 Å². The van der Waals surface area contributed by atoms with E-state index in [1.165, 1.54) is 18.2 Å². The largest absolute Gasteiger partial charge is 0.508 e. The lowest BCUT2D eigenvalue weighted by molar-refractivity contribution is 0.0906. The monoisotopic (exact) mass is 241 g/mol. The first-order chi connectivity index (χ1) is 7.56. The lowest BCUT2D eigenvalue weighted by atomic mass is 10.1. The highest BCUT2D eigenvalue weighted by atomic mass is 35.5. The number of aliphatic hydroxyl groups is 1. The maximum Gasteiger partial charge on any atom is 0.253 e. The van der Waals surface area contributed by atoms with Gasteiger partial charge >= 0.3 is 0 Å². The molecular weight excluding hydrogens is 230 g/mol. The Labute approximate surface area is 97.9 Å². The van der Waals surface area contributed by atoms with Gasteiger partial charge in [-0.25, -0.2) is 0 Å². The number of phenols is 1. The fourth-order valence-corrected chi connectivity index (χ4v) is 1.67. The van der Waals surface area contributed by atoms with Gasteiger partial charge < -0.3 is 15.5 Å². The van der Waals surface area contributed by atoms with Crippen LogP contribution in [0.3, 0.4) is 0 Å². The molecule has 0 atom stereocenters. The van der Waals surface area contributed by atoms with Crippen molar-refractivity contribution in [3.05, 3.63) is 28.8 Å². The maximum absolute atomic E-state index is 11.8. The number of hydrogen-bond donors (Lipinski definition) is 3. The summed E-state index contributed by atoms with van der Waals surface area (Å²) in [4.78, 5) is 11.8. The van der Waals surface area contributed by atoms with Crippen LogP contribution in [-0.4, -0.2) is 28.3 Å². The Morgan fingerprint density at radius 2 is 2.19 bits per heavy atom. The number of hydrogen-bond acceptors (Lipinski definition) is 3. The lowest BCUT2D eigenvalue weighted by Crippen LogP contribution is -2.39. The Morgan fingerprint density at radius 1 is 1.50 bits per heavy atom. The Balaban J connectivity index is 2.17. The average Bonchev–Trinajstić information content (AvgIpc) is 3.02. The van der Waals surface area contributed by atoms with E-state index in [1.807, 2.05) is 0 Å². The second-order valence-electron chi connectivity index (χ2n) is 4.06. The van der Waals surface area contributed by atoms with E-state index < -0.39 is 5.54 Å². The Kier molecular flexibility index (Phi) is 2.78. The quantitative estimate of drug-likeness (QED) is 0.747. The fourth-order valence-electron chi connectivity index (χ4n) is 1.47. The first-order valence-electron chi connectivity index (χ1n) is 4.98. The number of halogens is 1. The summed E-state index contributed by atoms with van der Waals surface area (Å²) in [5.41, 5.74) is -0.257. The van der Waals surface area contributed by atoms with Crippen LogP contribution >= 0.6 is 11.6 Å². The van der Waals surface area contributed by atoms with Crippen LogP contribution in [0.5, 0.6) is 5.75 Å². The third kappa shape index (κ3) is 2.13. The average molecular weight is 242 g/mol. The summed E-state index contributed by atoms with van der Waals surface area (Å²) < 4.78 is 0. The molecule has 3 N–H and O–H groups in total. The summed E-state index contributed by atoms with van der Waals surface area (Å²) in [5.74, 6) is -0.379. The number of carbonyl (C=O) groups excluding carboxylic acids is 1. The number of nitrogens with one attached hydrogen (secondary N) is 1. The zero-order valence-electron chi connectivity index (χ0n) is 8.53. The molecule has 5 heteroatoms. The van der Waals surface area contributed by atoms with Gasteiger partial charge in [0.25, 0.3) is 5.91 Å². The number of rotatable bonds is 3. The van der Waals surface area contributed by atoms with Crippen molar-refractivity contribution >= 4 is 17.5 Å². The first kappa shape index (κ1) is 11.2. The van der Waals surface area contributed by atoms with Gasteiger partial charge in [-0.3, -0.25) is 4.79 Å². The van der Waals surface area contributed by atoms with Gasteiger partial charge in [-0.2, -0.15) is 0 Å². The number of amides is 1. The van der Waals surface area contributed by atoms with Crippen molar-refractivity contribution in [1.82, 2.24) is 5.32 Å². The van der Waals surface area contributed by atoms with Crippen LogP contribution < -0.4 is 5.32 Å². The van der Waals surface area contributed by atoms with Crippen molar-refractivity contribution in [2.24, 2.45) is 0 Å². The van der Waals surface area contributed by atoms with Crippen molar-refractivity contribution in [1.29, 1.82) is 0 Å². The summed E-state index contributed by atoms with van der Waals surface area (Å²) in [6, 6.07) is 4.19. The molecule has 1 aliphatic rings. The second-order valence-corrected chi connectivity index (χ2v) is 4.46. The van der Waals surface area contributed by atoms with Gasteiger partial charge in [-0.15, -0.1) is 0 Å². The zero-order chi connectivity index (χ0) is 11.8. The Hall–Kier alpha value is -1.26. The number of aromatic hydroxyl groups is 1. The molecule has 0 aliphatic heterocycles. The van der Waals surface area contributed by atoms with Crippen molar-refractivity contribution in [3.63, 3.8) is 0 Å². The minimum absolute atomic E-state index is 0.0107. The van der Waals surface area contributed by atoms with Gasteiger partial charge in [-0.1, -0.05) is 11.6 Å². The highest BCUT2D eigenvalue weighted by molar-refractivity contribution is 6.33. The normalized spacial score (nSPS) is 16.9. The zero-order valence-corrected chi connectivity index (χ0v) is 9.29. The minimum atomic E-state index is -0.480. The summed E-state index contributed by atoms with van der Waals surface area (Å²) in [7, 11) is 0. The van der Waals surface area contributed by atoms with E-state index in [0.29, 0.717) is 0 Å². The van der Waals surface area contributed by atoms with Gasteiger partial charge in [0.1, 0.15) is 5.75 Å². The molecule has 86 valence electrons. The topological polar surface area (TPSA) is 69.6 Å². The van der Waals surface area contributed by atoms with Crippen molar-refractivity contribution in [3.8, 4) is 5.75 Å². The molecule has 0 unspecified atom stereocenters. The van der Waals surface area contributed by atoms with Gasteiger partial charge in [0.2, 0.25) is 0 Å². The Morgan fingerprint density at radius 3 is 2.75 bits per heavy atom. The summed E-state index contributed by atoms with van der Waals surface area (Å²) in [6.07, 6.45) is 1.54. The molecule has 0 spiro atoms. The van der Waals surface area contributed by atoms with Crippen molar-refractivity contribution < 1.29 is 15.0 Å². The molecule has 16 heavy (non-hydrogen) atoms. The smallest absolute Gasteiger partial charge is 0.253 e. The number of phenolic OH excluding ortho intramolecular Hbond substituents is 1. The van der Waals surface area contributed by atoms with Gasteiger partial charge in [0.15, 0.2) is 0 Å². The van der Waals surface area contributed by atoms with Crippen molar-refractivity contribution in [2.75, 3.05) is 6.61 Å². The lowest BCUT2D eigenvalue weighted by Gasteiger charge is -2.14. The van der Waals surface area contributed by atoms with E-state index >= 15 is 0 Å². The summed E-state index contributed by atoms with van der Waals surface area (Å²) >= 11 is 5.85. The van der Waals surface area contributed by atoms with Crippen LogP contribution in [0.2, 0.25) is 5.02 Å². The molecular formula is C11H12ClNO3. The molecule has 1 aromatic carbocycles. The van der Waals surface area contributed by atoms with Crippen LogP contribution in [0.15, 0.2) is 18.2 Å². The molecule has 2 rings (SSSR count). The third-order valence-corrected chi connectivity index (χ3v) is 3.06. The van der Waals surface area contributed by atoms with Crippen LogP contribution in [0.1, 0.15) is 23.2 Å². The SMILES string of the molecule is O=C(NC1(CO)CC1)c1cc(O)ccc1Cl. The van der Waals surface area contributed by atoms with E-state index in [9.17, 15) is 9.90 Å². The molecule has 1 aromatic rings. The minimum Gasteiger partial charge on any atom is -0.508 e. The first-order valence-corrected chi connectivity index (χ1v) is 5.36. The fraction of sp³-hybridized carbons (Fsp3) is 0.364. The van der Waals surface area contributed by atoms with E-state index in [1.54, 1.807) is 0 Å². The Bertz CT molecular complexity index is 429. The molecule has 0 aromatic heterocycles. The molecule has 0 bridgehead atoms. The third-order valence-electron chi connectivity index (χ3n) is 2.73. The van der Waals surface area contributed by atoms with Crippen LogP contribution in [0.25, 0.3) is 0 Å². The van der Waals surface area contributed by atoms with E-state index in [2.05, 4.69) is 5.32 Å². The standard InChI is InChI=1S/C11H12ClNO3/c12-9-2-1-7(15)5-8(9)10(16)13-11(6-14)3-4-11/h1-2,5,14-15H,3-4,6H2,(H,13,16). The predicted molar refractivity (Wildman–Crippen MR) is 59.6 cm³/mol. The van der Waals surface area contributed by atoms with Gasteiger partial charge in [0.05, 0.1) is 22.7 Å².